The molecule has 1 unspecified atom stereocenters. The van der Waals surface area contributed by atoms with Crippen molar-refractivity contribution in [3.05, 3.63) is 15.4 Å². The Bertz CT molecular complexity index is 512. The highest BCUT2D eigenvalue weighted by molar-refractivity contribution is 9.11. The van der Waals surface area contributed by atoms with E-state index in [9.17, 15) is 8.42 Å². The van der Waals surface area contributed by atoms with E-state index in [2.05, 4.69) is 15.9 Å². The zero-order valence-corrected chi connectivity index (χ0v) is 16.1. The van der Waals surface area contributed by atoms with Gasteiger partial charge in [0.05, 0.1) is 3.79 Å². The van der Waals surface area contributed by atoms with Crippen LogP contribution in [-0.4, -0.2) is 32.4 Å². The Morgan fingerprint density at radius 2 is 2.00 bits per heavy atom. The molecule has 118 valence electrons. The van der Waals surface area contributed by atoms with Crippen LogP contribution in [0.15, 0.2) is 14.1 Å². The van der Waals surface area contributed by atoms with Gasteiger partial charge >= 0.3 is 0 Å². The van der Waals surface area contributed by atoms with E-state index in [0.29, 0.717) is 23.1 Å². The number of thiophene rings is 1. The highest BCUT2D eigenvalue weighted by atomic mass is 79.9. The molecule has 0 bridgehead atoms. The van der Waals surface area contributed by atoms with Gasteiger partial charge in [-0.05, 0) is 46.8 Å². The monoisotopic (exact) mass is 404 g/mol. The van der Waals surface area contributed by atoms with Crippen LogP contribution in [0, 0.1) is 12.8 Å². The van der Waals surface area contributed by atoms with E-state index in [1.54, 1.807) is 13.1 Å². The van der Waals surface area contributed by atoms with Crippen LogP contribution in [-0.2, 0) is 10.0 Å². The van der Waals surface area contributed by atoms with Gasteiger partial charge in [0.1, 0.15) is 4.21 Å². The highest BCUT2D eigenvalue weighted by Gasteiger charge is 2.24. The molecule has 1 aromatic heterocycles. The minimum absolute atomic E-state index is 0. The lowest BCUT2D eigenvalue weighted by Gasteiger charge is -2.20. The molecule has 0 saturated heterocycles. The second-order valence-electron chi connectivity index (χ2n) is 5.05. The van der Waals surface area contributed by atoms with E-state index in [0.717, 1.165) is 9.35 Å². The first-order valence-electron chi connectivity index (χ1n) is 6.14. The number of aryl methyl sites for hydroxylation is 1. The molecule has 8 heteroatoms. The van der Waals surface area contributed by atoms with Crippen LogP contribution in [0.4, 0.5) is 0 Å². The maximum atomic E-state index is 12.4. The van der Waals surface area contributed by atoms with Gasteiger partial charge in [0.2, 0.25) is 0 Å². The third kappa shape index (κ3) is 4.96. The van der Waals surface area contributed by atoms with Crippen LogP contribution in [0.2, 0.25) is 0 Å². The Labute approximate surface area is 140 Å². The van der Waals surface area contributed by atoms with Crippen LogP contribution < -0.4 is 5.73 Å². The Kier molecular flexibility index (Phi) is 8.24. The first kappa shape index (κ1) is 20.3. The average Bonchev–Trinajstić information content (AvgIpc) is 2.66. The number of sulfonamides is 1. The molecule has 1 rings (SSSR count). The minimum atomic E-state index is -3.40. The molecular formula is C12H22BrClN2O2S2. The maximum Gasteiger partial charge on any atom is 0.252 e. The fourth-order valence-corrected chi connectivity index (χ4v) is 5.12. The number of halogens is 2. The molecule has 0 aliphatic heterocycles. The summed E-state index contributed by atoms with van der Waals surface area (Å²) in [6.45, 7) is 6.41. The molecule has 0 saturated carbocycles. The quantitative estimate of drug-likeness (QED) is 0.790. The van der Waals surface area contributed by atoms with Crippen LogP contribution in [0.3, 0.4) is 0 Å². The average molecular weight is 406 g/mol. The lowest BCUT2D eigenvalue weighted by molar-refractivity contribution is 0.398. The third-order valence-corrected chi connectivity index (χ3v) is 7.58. The minimum Gasteiger partial charge on any atom is -0.327 e. The zero-order chi connectivity index (χ0) is 14.8. The standard InChI is InChI=1S/C12H21BrN2O2S2.ClH/c1-8(2)10(14)5-6-15(4)19(16,17)11-7-9(3)12(13)18-11;/h7-8,10H,5-6,14H2,1-4H3;1H. The van der Waals surface area contributed by atoms with Crippen LogP contribution in [0.25, 0.3) is 0 Å². The molecule has 0 amide bonds. The van der Waals surface area contributed by atoms with E-state index < -0.39 is 10.0 Å². The number of hydrogen-bond donors (Lipinski definition) is 1. The van der Waals surface area contributed by atoms with Crippen molar-refractivity contribution in [1.82, 2.24) is 4.31 Å². The van der Waals surface area contributed by atoms with Gasteiger partial charge in [0.25, 0.3) is 10.0 Å². The Morgan fingerprint density at radius 3 is 2.40 bits per heavy atom. The number of nitrogens with zero attached hydrogens (tertiary/aromatic N) is 1. The van der Waals surface area contributed by atoms with Crippen molar-refractivity contribution in [2.24, 2.45) is 11.7 Å². The van der Waals surface area contributed by atoms with Crippen molar-refractivity contribution >= 4 is 49.7 Å². The molecule has 0 spiro atoms. The van der Waals surface area contributed by atoms with Crippen LogP contribution >= 0.6 is 39.7 Å². The summed E-state index contributed by atoms with van der Waals surface area (Å²) in [7, 11) is -1.79. The number of hydrogen-bond acceptors (Lipinski definition) is 4. The molecule has 2 N–H and O–H groups in total. The summed E-state index contributed by atoms with van der Waals surface area (Å²) in [4.78, 5) is 0. The van der Waals surface area contributed by atoms with Gasteiger partial charge < -0.3 is 5.73 Å². The first-order valence-corrected chi connectivity index (χ1v) is 9.19. The van der Waals surface area contributed by atoms with Crippen molar-refractivity contribution in [1.29, 1.82) is 0 Å². The van der Waals surface area contributed by atoms with Gasteiger partial charge in [0, 0.05) is 19.6 Å². The van der Waals surface area contributed by atoms with Crippen molar-refractivity contribution in [3.8, 4) is 0 Å². The lowest BCUT2D eigenvalue weighted by atomic mass is 10.0. The van der Waals surface area contributed by atoms with Gasteiger partial charge in [-0.25, -0.2) is 12.7 Å². The van der Waals surface area contributed by atoms with Crippen molar-refractivity contribution in [2.75, 3.05) is 13.6 Å². The largest absolute Gasteiger partial charge is 0.327 e. The lowest BCUT2D eigenvalue weighted by Crippen LogP contribution is -2.34. The molecule has 0 aliphatic rings. The molecule has 0 aliphatic carbocycles. The van der Waals surface area contributed by atoms with Gasteiger partial charge in [-0.1, -0.05) is 13.8 Å². The smallest absolute Gasteiger partial charge is 0.252 e. The second-order valence-corrected chi connectivity index (χ2v) is 9.69. The normalized spacial score (nSPS) is 13.6. The molecule has 1 heterocycles. The van der Waals surface area contributed by atoms with Gasteiger partial charge in [-0.15, -0.1) is 23.7 Å². The third-order valence-electron chi connectivity index (χ3n) is 3.13. The summed E-state index contributed by atoms with van der Waals surface area (Å²) >= 11 is 4.60. The molecule has 0 radical (unpaired) electrons. The van der Waals surface area contributed by atoms with E-state index in [1.807, 2.05) is 20.8 Å². The Morgan fingerprint density at radius 1 is 1.45 bits per heavy atom. The Balaban J connectivity index is 0.00000361. The van der Waals surface area contributed by atoms with Crippen molar-refractivity contribution < 1.29 is 8.42 Å². The van der Waals surface area contributed by atoms with Crippen molar-refractivity contribution in [2.45, 2.75) is 37.4 Å². The van der Waals surface area contributed by atoms with E-state index >= 15 is 0 Å². The molecule has 0 aromatic carbocycles. The fraction of sp³-hybridized carbons (Fsp3) is 0.667. The summed E-state index contributed by atoms with van der Waals surface area (Å²) in [5, 5.41) is 0. The SMILES string of the molecule is Cc1cc(S(=O)(=O)N(C)CCC(N)C(C)C)sc1Br.Cl. The second kappa shape index (κ2) is 8.10. The number of nitrogens with two attached hydrogens (primary N) is 1. The first-order chi connectivity index (χ1) is 8.66. The number of rotatable bonds is 6. The molecular weight excluding hydrogens is 384 g/mol. The van der Waals surface area contributed by atoms with Crippen LogP contribution in [0.1, 0.15) is 25.8 Å². The van der Waals surface area contributed by atoms with E-state index in [-0.39, 0.29) is 18.4 Å². The fourth-order valence-electron chi connectivity index (χ4n) is 1.50. The topological polar surface area (TPSA) is 63.4 Å². The van der Waals surface area contributed by atoms with Crippen LogP contribution in [0.5, 0.6) is 0 Å². The van der Waals surface area contributed by atoms with E-state index in [4.69, 9.17) is 5.73 Å². The van der Waals surface area contributed by atoms with Crippen molar-refractivity contribution in [3.63, 3.8) is 0 Å². The molecule has 1 atom stereocenters. The summed E-state index contributed by atoms with van der Waals surface area (Å²) in [6.07, 6.45) is 0.666. The maximum absolute atomic E-state index is 12.4. The van der Waals surface area contributed by atoms with Gasteiger partial charge in [-0.3, -0.25) is 0 Å². The molecule has 1 aromatic rings. The van der Waals surface area contributed by atoms with Gasteiger partial charge in [0.15, 0.2) is 0 Å². The zero-order valence-electron chi connectivity index (χ0n) is 12.1. The van der Waals surface area contributed by atoms with E-state index in [1.165, 1.54) is 15.6 Å². The predicted molar refractivity (Wildman–Crippen MR) is 91.3 cm³/mol. The summed E-state index contributed by atoms with van der Waals surface area (Å²) in [5.74, 6) is 0.356. The molecule has 4 nitrogen and oxygen atoms in total. The summed E-state index contributed by atoms with van der Waals surface area (Å²) in [5.41, 5.74) is 6.89. The predicted octanol–water partition coefficient (Wildman–Crippen LogP) is 3.23. The summed E-state index contributed by atoms with van der Waals surface area (Å²) < 4.78 is 27.3. The molecule has 0 fully saturated rings. The summed E-state index contributed by atoms with van der Waals surface area (Å²) in [6, 6.07) is 1.72. The Hall–Kier alpha value is 0.340. The highest BCUT2D eigenvalue weighted by Crippen LogP contribution is 2.32. The van der Waals surface area contributed by atoms with Gasteiger partial charge in [-0.2, -0.15) is 0 Å². The molecule has 20 heavy (non-hydrogen) atoms.